The number of anilines is 1. The molecule has 1 fully saturated rings. The highest BCUT2D eigenvalue weighted by molar-refractivity contribution is 7.13. The van der Waals surface area contributed by atoms with Crippen LogP contribution in [0.2, 0.25) is 0 Å². The maximum Gasteiger partial charge on any atom is 0.259 e. The summed E-state index contributed by atoms with van der Waals surface area (Å²) in [7, 11) is 0. The first-order valence-electron chi connectivity index (χ1n) is 11.4. The fraction of sp³-hybridized carbons (Fsp3) is 0.385. The van der Waals surface area contributed by atoms with Gasteiger partial charge >= 0.3 is 0 Å². The van der Waals surface area contributed by atoms with E-state index in [0.29, 0.717) is 12.0 Å². The second-order valence-electron chi connectivity index (χ2n) is 9.33. The van der Waals surface area contributed by atoms with Crippen LogP contribution in [-0.2, 0) is 4.79 Å². The predicted octanol–water partition coefficient (Wildman–Crippen LogP) is 5.89. The zero-order valence-corrected chi connectivity index (χ0v) is 21.0. The van der Waals surface area contributed by atoms with E-state index in [1.807, 2.05) is 24.8 Å². The number of carbonyl (C=O) groups excluding carboxylic acids is 1. The van der Waals surface area contributed by atoms with Crippen LogP contribution >= 0.6 is 23.7 Å². The number of H-pyrrole nitrogens is 1. The van der Waals surface area contributed by atoms with Gasteiger partial charge in [0.1, 0.15) is 5.01 Å². The van der Waals surface area contributed by atoms with E-state index in [0.717, 1.165) is 82.3 Å². The fourth-order valence-corrected chi connectivity index (χ4v) is 5.76. The summed E-state index contributed by atoms with van der Waals surface area (Å²) < 4.78 is 0. The highest BCUT2D eigenvalue weighted by Gasteiger charge is 2.35. The SMILES string of the molecule is Cc1csc(-c2ccc3c(c2)/C(=C/c2[nH]c(C)cc2C)C(=O)N3CC2CCC(N)CC2)n1.Cl. The van der Waals surface area contributed by atoms with E-state index in [4.69, 9.17) is 5.73 Å². The molecule has 0 radical (unpaired) electrons. The summed E-state index contributed by atoms with van der Waals surface area (Å²) in [6.45, 7) is 6.89. The minimum absolute atomic E-state index is 0. The van der Waals surface area contributed by atoms with Gasteiger partial charge in [-0.05, 0) is 88.3 Å². The van der Waals surface area contributed by atoms with Gasteiger partial charge in [0.15, 0.2) is 0 Å². The minimum atomic E-state index is 0. The molecule has 174 valence electrons. The molecule has 0 saturated heterocycles. The molecule has 2 aromatic heterocycles. The van der Waals surface area contributed by atoms with Gasteiger partial charge in [0.2, 0.25) is 0 Å². The zero-order chi connectivity index (χ0) is 22.4. The first-order chi connectivity index (χ1) is 15.4. The summed E-state index contributed by atoms with van der Waals surface area (Å²) in [5.74, 6) is 0.593. The average molecular weight is 483 g/mol. The number of hydrogen-bond acceptors (Lipinski definition) is 4. The molecule has 5 rings (SSSR count). The number of halogens is 1. The van der Waals surface area contributed by atoms with Gasteiger partial charge < -0.3 is 15.6 Å². The second-order valence-corrected chi connectivity index (χ2v) is 10.2. The van der Waals surface area contributed by atoms with Crippen molar-refractivity contribution in [2.75, 3.05) is 11.4 Å². The lowest BCUT2D eigenvalue weighted by atomic mass is 9.86. The number of rotatable bonds is 4. The highest BCUT2D eigenvalue weighted by Crippen LogP contribution is 2.42. The van der Waals surface area contributed by atoms with Gasteiger partial charge in [-0.3, -0.25) is 4.79 Å². The Morgan fingerprint density at radius 3 is 2.58 bits per heavy atom. The molecule has 1 saturated carbocycles. The molecule has 3 aromatic rings. The number of carbonyl (C=O) groups is 1. The Hall–Kier alpha value is -2.41. The number of nitrogens with one attached hydrogen (secondary N) is 1. The Kier molecular flexibility index (Phi) is 6.80. The van der Waals surface area contributed by atoms with Crippen molar-refractivity contribution in [2.24, 2.45) is 11.7 Å². The molecule has 1 aromatic carbocycles. The molecule has 2 aliphatic rings. The first kappa shape index (κ1) is 23.7. The van der Waals surface area contributed by atoms with Crippen LogP contribution in [0.1, 0.15) is 53.9 Å². The van der Waals surface area contributed by atoms with Gasteiger partial charge in [-0.25, -0.2) is 4.98 Å². The van der Waals surface area contributed by atoms with Crippen LogP contribution in [0.4, 0.5) is 5.69 Å². The molecule has 1 aliphatic carbocycles. The molecule has 1 aliphatic heterocycles. The molecule has 5 nitrogen and oxygen atoms in total. The molecule has 3 heterocycles. The highest BCUT2D eigenvalue weighted by atomic mass is 35.5. The standard InChI is InChI=1S/C26H30N4OS.ClH/c1-15-10-16(2)28-23(15)12-22-21-11-19(25-29-17(3)14-32-25)6-9-24(21)30(26(22)31)13-18-4-7-20(27)8-5-18;/h6,9-12,14,18,20,28H,4-5,7-8,13,27H2,1-3H3;1H/b22-12-;. The topological polar surface area (TPSA) is 75.0 Å². The third-order valence-corrected chi connectivity index (χ3v) is 7.74. The van der Waals surface area contributed by atoms with E-state index < -0.39 is 0 Å². The molecule has 0 bridgehead atoms. The number of aryl methyl sites for hydroxylation is 3. The summed E-state index contributed by atoms with van der Waals surface area (Å²) >= 11 is 1.64. The van der Waals surface area contributed by atoms with Crippen molar-refractivity contribution in [3.05, 3.63) is 57.9 Å². The maximum atomic E-state index is 13.7. The maximum absolute atomic E-state index is 13.7. The molecule has 0 unspecified atom stereocenters. The molecular weight excluding hydrogens is 452 g/mol. The van der Waals surface area contributed by atoms with E-state index in [2.05, 4.69) is 46.5 Å². The Labute approximate surface area is 205 Å². The quantitative estimate of drug-likeness (QED) is 0.455. The lowest BCUT2D eigenvalue weighted by Gasteiger charge is -2.29. The van der Waals surface area contributed by atoms with Crippen LogP contribution in [0.15, 0.2) is 29.6 Å². The van der Waals surface area contributed by atoms with E-state index in [1.165, 1.54) is 0 Å². The van der Waals surface area contributed by atoms with Crippen molar-refractivity contribution < 1.29 is 4.79 Å². The summed E-state index contributed by atoms with van der Waals surface area (Å²) in [5.41, 5.74) is 14.2. The molecular formula is C26H31ClN4OS. The Morgan fingerprint density at radius 2 is 1.94 bits per heavy atom. The van der Waals surface area contributed by atoms with Gasteiger partial charge in [-0.2, -0.15) is 0 Å². The van der Waals surface area contributed by atoms with Gasteiger partial charge in [0.05, 0.1) is 11.3 Å². The molecule has 1 amide bonds. The van der Waals surface area contributed by atoms with Crippen LogP contribution < -0.4 is 10.6 Å². The largest absolute Gasteiger partial charge is 0.359 e. The third-order valence-electron chi connectivity index (χ3n) is 6.73. The number of benzene rings is 1. The summed E-state index contributed by atoms with van der Waals surface area (Å²) in [6, 6.07) is 8.76. The van der Waals surface area contributed by atoms with Crippen LogP contribution in [0.5, 0.6) is 0 Å². The number of aromatic nitrogens is 2. The number of aromatic amines is 1. The number of nitrogens with zero attached hydrogens (tertiary/aromatic N) is 2. The molecule has 3 N–H and O–H groups in total. The van der Waals surface area contributed by atoms with Crippen LogP contribution in [0.25, 0.3) is 22.2 Å². The van der Waals surface area contributed by atoms with Crippen molar-refractivity contribution in [3.63, 3.8) is 0 Å². The van der Waals surface area contributed by atoms with Crippen molar-refractivity contribution in [1.29, 1.82) is 0 Å². The first-order valence-corrected chi connectivity index (χ1v) is 12.3. The summed E-state index contributed by atoms with van der Waals surface area (Å²) in [6.07, 6.45) is 6.30. The van der Waals surface area contributed by atoms with Gasteiger partial charge in [-0.15, -0.1) is 23.7 Å². The number of nitrogens with two attached hydrogens (primary N) is 1. The fourth-order valence-electron chi connectivity index (χ4n) is 4.97. The van der Waals surface area contributed by atoms with E-state index >= 15 is 0 Å². The molecule has 33 heavy (non-hydrogen) atoms. The van der Waals surface area contributed by atoms with Crippen LogP contribution in [0, 0.1) is 26.7 Å². The van der Waals surface area contributed by atoms with Gasteiger partial charge in [0.25, 0.3) is 5.91 Å². The van der Waals surface area contributed by atoms with Crippen molar-refractivity contribution in [3.8, 4) is 10.6 Å². The summed E-state index contributed by atoms with van der Waals surface area (Å²) in [5, 5.41) is 3.05. The number of amides is 1. The van der Waals surface area contributed by atoms with Crippen molar-refractivity contribution in [2.45, 2.75) is 52.5 Å². The lowest BCUT2D eigenvalue weighted by molar-refractivity contribution is -0.113. The minimum Gasteiger partial charge on any atom is -0.359 e. The molecule has 0 atom stereocenters. The smallest absolute Gasteiger partial charge is 0.259 e. The Balaban J connectivity index is 0.00000259. The zero-order valence-electron chi connectivity index (χ0n) is 19.4. The van der Waals surface area contributed by atoms with Gasteiger partial charge in [-0.1, -0.05) is 0 Å². The van der Waals surface area contributed by atoms with E-state index in [1.54, 1.807) is 11.3 Å². The lowest BCUT2D eigenvalue weighted by Crippen LogP contribution is -2.36. The molecule has 0 spiro atoms. The van der Waals surface area contributed by atoms with Crippen LogP contribution in [0.3, 0.4) is 0 Å². The third kappa shape index (κ3) is 4.65. The second kappa shape index (κ2) is 9.45. The predicted molar refractivity (Wildman–Crippen MR) is 140 cm³/mol. The number of fused-ring (bicyclic) bond motifs is 1. The molecule has 7 heteroatoms. The normalized spacial score (nSPS) is 21.4. The summed E-state index contributed by atoms with van der Waals surface area (Å²) in [4.78, 5) is 23.7. The average Bonchev–Trinajstić information content (AvgIpc) is 3.41. The van der Waals surface area contributed by atoms with Crippen molar-refractivity contribution in [1.82, 2.24) is 9.97 Å². The van der Waals surface area contributed by atoms with Crippen LogP contribution in [-0.4, -0.2) is 28.5 Å². The van der Waals surface area contributed by atoms with Crippen molar-refractivity contribution >= 4 is 47.0 Å². The number of thiazole rings is 1. The monoisotopic (exact) mass is 482 g/mol. The Bertz CT molecular complexity index is 1200. The van der Waals surface area contributed by atoms with E-state index in [-0.39, 0.29) is 18.3 Å². The Morgan fingerprint density at radius 1 is 1.18 bits per heavy atom. The van der Waals surface area contributed by atoms with Gasteiger partial charge in [0, 0.05) is 46.2 Å². The van der Waals surface area contributed by atoms with E-state index in [9.17, 15) is 4.79 Å². The number of hydrogen-bond donors (Lipinski definition) is 2.